The van der Waals surface area contributed by atoms with Crippen LogP contribution in [0.4, 0.5) is 0 Å². The molecule has 1 saturated heterocycles. The van der Waals surface area contributed by atoms with Gasteiger partial charge in [-0.25, -0.2) is 0 Å². The van der Waals surface area contributed by atoms with Crippen LogP contribution in [0.15, 0.2) is 0 Å². The summed E-state index contributed by atoms with van der Waals surface area (Å²) in [5, 5.41) is 0. The molecule has 4 N–H and O–H groups in total. The van der Waals surface area contributed by atoms with Crippen molar-refractivity contribution in [3.63, 3.8) is 0 Å². The molecule has 0 aromatic rings. The van der Waals surface area contributed by atoms with Gasteiger partial charge in [0.1, 0.15) is 6.23 Å². The van der Waals surface area contributed by atoms with E-state index in [1.807, 2.05) is 0 Å². The zero-order chi connectivity index (χ0) is 5.98. The molecule has 0 amide bonds. The zero-order valence-electron chi connectivity index (χ0n) is 4.84. The topological polar surface area (TPSA) is 61.3 Å². The van der Waals surface area contributed by atoms with Crippen LogP contribution in [0, 0.1) is 0 Å². The van der Waals surface area contributed by atoms with Crippen molar-refractivity contribution in [2.45, 2.75) is 25.2 Å². The van der Waals surface area contributed by atoms with Crippen LogP contribution in [-0.2, 0) is 4.74 Å². The Balaban J connectivity index is 1.98. The molecule has 0 aromatic carbocycles. The molecule has 0 saturated carbocycles. The minimum absolute atomic E-state index is 0.00782. The van der Waals surface area contributed by atoms with E-state index in [4.69, 9.17) is 16.2 Å². The van der Waals surface area contributed by atoms with Crippen LogP contribution in [0.5, 0.6) is 0 Å². The smallest absolute Gasteiger partial charge is 0.108 e. The minimum atomic E-state index is -0.00782. The van der Waals surface area contributed by atoms with Crippen LogP contribution in [0.3, 0.4) is 0 Å². The van der Waals surface area contributed by atoms with Crippen LogP contribution in [0.1, 0.15) is 12.8 Å². The molecule has 8 heavy (non-hydrogen) atoms. The highest BCUT2D eigenvalue weighted by Gasteiger charge is 2.25. The van der Waals surface area contributed by atoms with Crippen LogP contribution in [0.25, 0.3) is 0 Å². The van der Waals surface area contributed by atoms with Crippen molar-refractivity contribution in [1.82, 2.24) is 0 Å². The Morgan fingerprint density at radius 1 is 1.62 bits per heavy atom. The number of hydrogen-bond acceptors (Lipinski definition) is 3. The van der Waals surface area contributed by atoms with Gasteiger partial charge in [-0.1, -0.05) is 0 Å². The van der Waals surface area contributed by atoms with Crippen LogP contribution in [-0.4, -0.2) is 18.9 Å². The molecular formula is C5H12N2O. The Morgan fingerprint density at radius 3 is 2.62 bits per heavy atom. The molecule has 1 rings (SSSR count). The maximum atomic E-state index is 5.34. The van der Waals surface area contributed by atoms with Gasteiger partial charge in [0, 0.05) is 6.42 Å². The van der Waals surface area contributed by atoms with Crippen molar-refractivity contribution in [3.05, 3.63) is 0 Å². The van der Waals surface area contributed by atoms with Crippen molar-refractivity contribution >= 4 is 0 Å². The van der Waals surface area contributed by atoms with Crippen molar-refractivity contribution in [2.75, 3.05) is 6.54 Å². The Labute approximate surface area is 49.0 Å². The molecule has 3 nitrogen and oxygen atoms in total. The fourth-order valence-corrected chi connectivity index (χ4v) is 0.867. The molecule has 0 bridgehead atoms. The minimum Gasteiger partial charge on any atom is -0.360 e. The second kappa shape index (κ2) is 2.44. The predicted molar refractivity (Wildman–Crippen MR) is 31.1 cm³/mol. The lowest BCUT2D eigenvalue weighted by atomic mass is 10.1. The monoisotopic (exact) mass is 116 g/mol. The molecule has 0 radical (unpaired) electrons. The van der Waals surface area contributed by atoms with Gasteiger partial charge in [-0.15, -0.1) is 0 Å². The van der Waals surface area contributed by atoms with Crippen molar-refractivity contribution < 1.29 is 4.74 Å². The molecule has 3 heteroatoms. The van der Waals surface area contributed by atoms with E-state index >= 15 is 0 Å². The Morgan fingerprint density at radius 2 is 2.25 bits per heavy atom. The molecule has 1 aliphatic heterocycles. The van der Waals surface area contributed by atoms with Gasteiger partial charge in [-0.05, 0) is 13.0 Å². The van der Waals surface area contributed by atoms with Crippen molar-refractivity contribution in [3.8, 4) is 0 Å². The van der Waals surface area contributed by atoms with E-state index in [9.17, 15) is 0 Å². The van der Waals surface area contributed by atoms with Crippen molar-refractivity contribution in [2.24, 2.45) is 11.5 Å². The first kappa shape index (κ1) is 6.01. The maximum Gasteiger partial charge on any atom is 0.108 e. The summed E-state index contributed by atoms with van der Waals surface area (Å²) in [6.45, 7) is 0.706. The summed E-state index contributed by atoms with van der Waals surface area (Å²) >= 11 is 0. The van der Waals surface area contributed by atoms with Gasteiger partial charge in [0.25, 0.3) is 0 Å². The summed E-state index contributed by atoms with van der Waals surface area (Å²) in [5.41, 5.74) is 10.6. The summed E-state index contributed by atoms with van der Waals surface area (Å²) in [5.74, 6) is 0. The number of rotatable bonds is 2. The predicted octanol–water partition coefficient (Wildman–Crippen LogP) is -0.591. The zero-order valence-corrected chi connectivity index (χ0v) is 4.84. The van der Waals surface area contributed by atoms with E-state index in [1.165, 1.54) is 0 Å². The number of hydrogen-bond donors (Lipinski definition) is 2. The first-order valence-corrected chi connectivity index (χ1v) is 2.94. The first-order valence-electron chi connectivity index (χ1n) is 2.94. The van der Waals surface area contributed by atoms with Gasteiger partial charge in [-0.2, -0.15) is 0 Å². The van der Waals surface area contributed by atoms with Crippen LogP contribution in [0.2, 0.25) is 0 Å². The fraction of sp³-hybridized carbons (Fsp3) is 1.00. The second-order valence-corrected chi connectivity index (χ2v) is 2.11. The van der Waals surface area contributed by atoms with Gasteiger partial charge in [0.15, 0.2) is 0 Å². The standard InChI is InChI=1S/C5H12N2O/c6-2-1-4-3-5(7)8-4/h4-5H,1-3,6-7H2/t4?,5-/m1/s1. The maximum absolute atomic E-state index is 5.34. The largest absolute Gasteiger partial charge is 0.360 e. The number of ether oxygens (including phenoxy) is 1. The van der Waals surface area contributed by atoms with E-state index in [0.29, 0.717) is 12.6 Å². The molecule has 1 heterocycles. The average molecular weight is 116 g/mol. The first-order chi connectivity index (χ1) is 3.83. The molecule has 0 aromatic heterocycles. The second-order valence-electron chi connectivity index (χ2n) is 2.11. The average Bonchev–Trinajstić information content (AvgIpc) is 1.64. The molecule has 48 valence electrons. The van der Waals surface area contributed by atoms with Crippen LogP contribution >= 0.6 is 0 Å². The third-order valence-electron chi connectivity index (χ3n) is 1.35. The SMILES string of the molecule is NCCC1C[C@H](N)O1. The molecule has 2 atom stereocenters. The quantitative estimate of drug-likeness (QED) is 0.507. The Hall–Kier alpha value is -0.120. The van der Waals surface area contributed by atoms with E-state index in [-0.39, 0.29) is 6.23 Å². The van der Waals surface area contributed by atoms with E-state index < -0.39 is 0 Å². The summed E-state index contributed by atoms with van der Waals surface area (Å²) in [4.78, 5) is 0. The Bertz CT molecular complexity index is 68.1. The summed E-state index contributed by atoms with van der Waals surface area (Å²) in [6.07, 6.45) is 2.28. The molecule has 1 fully saturated rings. The number of nitrogens with two attached hydrogens (primary N) is 2. The Kier molecular flexibility index (Phi) is 1.83. The van der Waals surface area contributed by atoms with Gasteiger partial charge in [0.2, 0.25) is 0 Å². The van der Waals surface area contributed by atoms with E-state index in [0.717, 1.165) is 12.8 Å². The lowest BCUT2D eigenvalue weighted by Crippen LogP contribution is -2.44. The third-order valence-corrected chi connectivity index (χ3v) is 1.35. The molecule has 0 spiro atoms. The van der Waals surface area contributed by atoms with Gasteiger partial charge >= 0.3 is 0 Å². The molecular weight excluding hydrogens is 104 g/mol. The van der Waals surface area contributed by atoms with Gasteiger partial charge < -0.3 is 16.2 Å². The van der Waals surface area contributed by atoms with Gasteiger partial charge in [0.05, 0.1) is 6.10 Å². The lowest BCUT2D eigenvalue weighted by Gasteiger charge is -2.32. The highest BCUT2D eigenvalue weighted by molar-refractivity contribution is 4.72. The summed E-state index contributed by atoms with van der Waals surface area (Å²) in [7, 11) is 0. The third kappa shape index (κ3) is 1.18. The molecule has 0 aliphatic carbocycles. The van der Waals surface area contributed by atoms with Gasteiger partial charge in [-0.3, -0.25) is 0 Å². The van der Waals surface area contributed by atoms with E-state index in [2.05, 4.69) is 0 Å². The molecule has 1 unspecified atom stereocenters. The highest BCUT2D eigenvalue weighted by Crippen LogP contribution is 2.17. The normalized spacial score (nSPS) is 36.8. The fourth-order valence-electron chi connectivity index (χ4n) is 0.867. The highest BCUT2D eigenvalue weighted by atomic mass is 16.5. The van der Waals surface area contributed by atoms with Crippen LogP contribution < -0.4 is 11.5 Å². The molecule has 1 aliphatic rings. The summed E-state index contributed by atoms with van der Waals surface area (Å²) < 4.78 is 5.08. The summed E-state index contributed by atoms with van der Waals surface area (Å²) in [6, 6.07) is 0. The van der Waals surface area contributed by atoms with Crippen molar-refractivity contribution in [1.29, 1.82) is 0 Å². The lowest BCUT2D eigenvalue weighted by molar-refractivity contribution is -0.121. The van der Waals surface area contributed by atoms with E-state index in [1.54, 1.807) is 0 Å².